The maximum Gasteiger partial charge on any atom is 0.501 e. The van der Waals surface area contributed by atoms with Crippen LogP contribution >= 0.6 is 0 Å². The number of ether oxygens (including phenoxy) is 1. The highest BCUT2D eigenvalue weighted by Crippen LogP contribution is 2.45. The molecule has 1 aliphatic heterocycles. The molecule has 1 unspecified atom stereocenters. The first-order chi connectivity index (χ1) is 11.5. The van der Waals surface area contributed by atoms with Crippen molar-refractivity contribution >= 4 is 9.84 Å². The first kappa shape index (κ1) is 17.7. The van der Waals surface area contributed by atoms with Gasteiger partial charge in [-0.05, 0) is 50.1 Å². The molecule has 1 aromatic carbocycles. The van der Waals surface area contributed by atoms with Crippen LogP contribution in [0.25, 0.3) is 0 Å². The van der Waals surface area contributed by atoms with Gasteiger partial charge in [0.1, 0.15) is 11.4 Å². The number of fused-ring (bicyclic) bond motifs is 1. The Kier molecular flexibility index (Phi) is 4.06. The molecule has 4 nitrogen and oxygen atoms in total. The Hall–Kier alpha value is -2.09. The van der Waals surface area contributed by atoms with Gasteiger partial charge in [-0.1, -0.05) is 6.07 Å². The fraction of sp³-hybridized carbons (Fsp3) is 0.353. The van der Waals surface area contributed by atoms with Crippen molar-refractivity contribution in [1.82, 2.24) is 4.98 Å². The van der Waals surface area contributed by atoms with Gasteiger partial charge in [0.2, 0.25) is 0 Å². The Labute approximate surface area is 143 Å². The molecule has 0 radical (unpaired) electrons. The zero-order valence-electron chi connectivity index (χ0n) is 13.5. The second kappa shape index (κ2) is 5.72. The number of alkyl halides is 3. The molecule has 0 bridgehead atoms. The number of nitrogens with zero attached hydrogens (tertiary/aromatic N) is 1. The average molecular weight is 371 g/mol. The summed E-state index contributed by atoms with van der Waals surface area (Å²) < 4.78 is 67.9. The minimum absolute atomic E-state index is 0.309. The van der Waals surface area contributed by atoms with E-state index >= 15 is 0 Å². The molecule has 2 heterocycles. The van der Waals surface area contributed by atoms with Gasteiger partial charge in [-0.25, -0.2) is 8.42 Å². The molecule has 0 aliphatic carbocycles. The third-order valence-electron chi connectivity index (χ3n) is 4.14. The lowest BCUT2D eigenvalue weighted by Crippen LogP contribution is -2.35. The van der Waals surface area contributed by atoms with E-state index in [1.165, 1.54) is 6.07 Å². The molecule has 3 rings (SSSR count). The van der Waals surface area contributed by atoms with Crippen LogP contribution in [0.15, 0.2) is 47.6 Å². The highest BCUT2D eigenvalue weighted by atomic mass is 32.2. The highest BCUT2D eigenvalue weighted by Gasteiger charge is 2.47. The van der Waals surface area contributed by atoms with E-state index < -0.39 is 25.8 Å². The standard InChI is InChI=1S/C17H16F3NO3S/c1-16(2)9-14(11-4-3-7-21-10-11)13-8-12(5-6-15(13)24-16)25(22,23)17(18,19)20/h3-8,10,14H,9H2,1-2H3. The SMILES string of the molecule is CC1(C)CC(c2cccnc2)c2cc(S(=O)(=O)C(F)(F)F)ccc2O1. The topological polar surface area (TPSA) is 56.3 Å². The van der Waals surface area contributed by atoms with Crippen LogP contribution in [0.2, 0.25) is 0 Å². The van der Waals surface area contributed by atoms with E-state index in [9.17, 15) is 21.6 Å². The van der Waals surface area contributed by atoms with Gasteiger partial charge in [0, 0.05) is 23.9 Å². The number of hydrogen-bond donors (Lipinski definition) is 0. The molecule has 0 saturated heterocycles. The Morgan fingerprint density at radius 3 is 2.56 bits per heavy atom. The first-order valence-corrected chi connectivity index (χ1v) is 9.04. The van der Waals surface area contributed by atoms with Gasteiger partial charge in [0.15, 0.2) is 0 Å². The third kappa shape index (κ3) is 3.22. The van der Waals surface area contributed by atoms with Gasteiger partial charge in [-0.3, -0.25) is 4.98 Å². The van der Waals surface area contributed by atoms with Crippen molar-refractivity contribution in [2.75, 3.05) is 0 Å². The van der Waals surface area contributed by atoms with E-state index in [4.69, 9.17) is 4.74 Å². The summed E-state index contributed by atoms with van der Waals surface area (Å²) in [5.41, 5.74) is -4.68. The van der Waals surface area contributed by atoms with Crippen LogP contribution < -0.4 is 4.74 Å². The Bertz CT molecular complexity index is 893. The molecule has 2 aromatic rings. The van der Waals surface area contributed by atoms with Crippen LogP contribution in [-0.4, -0.2) is 24.5 Å². The van der Waals surface area contributed by atoms with Crippen molar-refractivity contribution in [3.05, 3.63) is 53.9 Å². The van der Waals surface area contributed by atoms with Crippen molar-refractivity contribution in [1.29, 1.82) is 0 Å². The van der Waals surface area contributed by atoms with Crippen LogP contribution in [0.1, 0.15) is 37.3 Å². The molecule has 25 heavy (non-hydrogen) atoms. The maximum absolute atomic E-state index is 12.9. The third-order valence-corrected chi connectivity index (χ3v) is 5.62. The second-order valence-electron chi connectivity index (χ2n) is 6.55. The summed E-state index contributed by atoms with van der Waals surface area (Å²) in [4.78, 5) is 3.27. The number of sulfone groups is 1. The highest BCUT2D eigenvalue weighted by molar-refractivity contribution is 7.92. The molecule has 1 aliphatic rings. The molecule has 134 valence electrons. The van der Waals surface area contributed by atoms with Gasteiger partial charge < -0.3 is 4.74 Å². The molecule has 0 N–H and O–H groups in total. The van der Waals surface area contributed by atoms with Crippen molar-refractivity contribution in [3.8, 4) is 5.75 Å². The fourth-order valence-electron chi connectivity index (χ4n) is 3.01. The zero-order chi connectivity index (χ0) is 18.5. The minimum atomic E-state index is -5.42. The summed E-state index contributed by atoms with van der Waals surface area (Å²) in [6.07, 6.45) is 3.71. The van der Waals surface area contributed by atoms with E-state index in [2.05, 4.69) is 4.98 Å². The smallest absolute Gasteiger partial charge is 0.488 e. The summed E-state index contributed by atoms with van der Waals surface area (Å²) >= 11 is 0. The fourth-order valence-corrected chi connectivity index (χ4v) is 3.81. The van der Waals surface area contributed by atoms with Crippen LogP contribution in [0, 0.1) is 0 Å². The van der Waals surface area contributed by atoms with Crippen LogP contribution in [0.3, 0.4) is 0 Å². The van der Waals surface area contributed by atoms with Crippen molar-refractivity contribution in [2.45, 2.75) is 42.2 Å². The van der Waals surface area contributed by atoms with E-state index in [1.54, 1.807) is 18.5 Å². The molecule has 0 saturated carbocycles. The molecule has 1 atom stereocenters. The van der Waals surface area contributed by atoms with Gasteiger partial charge >= 0.3 is 5.51 Å². The van der Waals surface area contributed by atoms with Gasteiger partial charge in [0.25, 0.3) is 9.84 Å². The van der Waals surface area contributed by atoms with Crippen molar-refractivity contribution in [3.63, 3.8) is 0 Å². The van der Waals surface area contributed by atoms with Crippen LogP contribution in [0.5, 0.6) is 5.75 Å². The van der Waals surface area contributed by atoms with E-state index in [-0.39, 0.29) is 5.92 Å². The summed E-state index contributed by atoms with van der Waals surface area (Å²) in [6.45, 7) is 3.75. The molecule has 0 fully saturated rings. The molecule has 0 amide bonds. The molecular weight excluding hydrogens is 355 g/mol. The Morgan fingerprint density at radius 2 is 1.96 bits per heavy atom. The lowest BCUT2D eigenvalue weighted by atomic mass is 9.81. The molecule has 8 heteroatoms. The normalized spacial score (nSPS) is 19.8. The number of benzene rings is 1. The van der Waals surface area contributed by atoms with Crippen molar-refractivity contribution in [2.24, 2.45) is 0 Å². The van der Waals surface area contributed by atoms with E-state index in [0.29, 0.717) is 17.7 Å². The van der Waals surface area contributed by atoms with Crippen molar-refractivity contribution < 1.29 is 26.3 Å². The van der Waals surface area contributed by atoms with Gasteiger partial charge in [-0.15, -0.1) is 0 Å². The number of hydrogen-bond acceptors (Lipinski definition) is 4. The average Bonchev–Trinajstić information content (AvgIpc) is 2.52. The molecule has 0 spiro atoms. The number of aromatic nitrogens is 1. The van der Waals surface area contributed by atoms with E-state index in [1.807, 2.05) is 19.9 Å². The predicted molar refractivity (Wildman–Crippen MR) is 85.1 cm³/mol. The minimum Gasteiger partial charge on any atom is -0.488 e. The predicted octanol–water partition coefficient (Wildman–Crippen LogP) is 4.07. The lowest BCUT2D eigenvalue weighted by molar-refractivity contribution is -0.0436. The largest absolute Gasteiger partial charge is 0.501 e. The summed E-state index contributed by atoms with van der Waals surface area (Å²) in [5, 5.41) is 0. The van der Waals surface area contributed by atoms with Gasteiger partial charge in [0.05, 0.1) is 4.90 Å². The zero-order valence-corrected chi connectivity index (χ0v) is 14.4. The first-order valence-electron chi connectivity index (χ1n) is 7.55. The van der Waals surface area contributed by atoms with Crippen LogP contribution in [0.4, 0.5) is 13.2 Å². The van der Waals surface area contributed by atoms with Gasteiger partial charge in [-0.2, -0.15) is 13.2 Å². The summed E-state index contributed by atoms with van der Waals surface area (Å²) in [6, 6.07) is 6.83. The Balaban J connectivity index is 2.17. The molecular formula is C17H16F3NO3S. The summed E-state index contributed by atoms with van der Waals surface area (Å²) in [5.74, 6) is 0.0714. The van der Waals surface area contributed by atoms with Crippen LogP contribution in [-0.2, 0) is 9.84 Å². The number of halogens is 3. The number of rotatable bonds is 2. The second-order valence-corrected chi connectivity index (χ2v) is 8.49. The Morgan fingerprint density at radius 1 is 1.24 bits per heavy atom. The number of pyridine rings is 1. The summed E-state index contributed by atoms with van der Waals surface area (Å²) in [7, 11) is -5.42. The quantitative estimate of drug-likeness (QED) is 0.799. The van der Waals surface area contributed by atoms with E-state index in [0.717, 1.165) is 17.7 Å². The molecule has 1 aromatic heterocycles. The maximum atomic E-state index is 12.9. The lowest BCUT2D eigenvalue weighted by Gasteiger charge is -2.38. The monoisotopic (exact) mass is 371 g/mol.